The Morgan fingerprint density at radius 1 is 1.08 bits per heavy atom. The fourth-order valence-electron chi connectivity index (χ4n) is 9.30. The lowest BCUT2D eigenvalue weighted by Crippen LogP contribution is -2.54. The van der Waals surface area contributed by atoms with E-state index in [1.165, 1.54) is 24.3 Å². The molecule has 2 aromatic heterocycles. The number of nitrogens with zero attached hydrogens (tertiary/aromatic N) is 6. The van der Waals surface area contributed by atoms with Crippen LogP contribution in [0.25, 0.3) is 32.9 Å². The van der Waals surface area contributed by atoms with Crippen LogP contribution in [0.15, 0.2) is 30.5 Å². The van der Waals surface area contributed by atoms with Crippen molar-refractivity contribution in [2.45, 2.75) is 63.1 Å². The van der Waals surface area contributed by atoms with Crippen LogP contribution in [0.5, 0.6) is 11.8 Å². The molecular formula is C37H40F2N6O3. The molecule has 1 saturated carbocycles. The standard InChI is InChI=1S/C37H40F2N6O3/c1-3-26-29(38)10-7-22-16-25(47)17-27(31(22)26)33-32(39)34-28(18-40-33)35(44-19-23-8-9-24(20-44)45(23)14-15-46)42-36(41-34)48-21-37-11-4-6-30(37)43(2)13-5-12-37/h1,7,10,16-18,23-24,30,46-47H,4-6,8-9,11-15,19-21H2,2H3/t23?,24?,30-,37-/m1/s1. The monoisotopic (exact) mass is 654 g/mol. The zero-order valence-corrected chi connectivity index (χ0v) is 27.1. The van der Waals surface area contributed by atoms with E-state index in [2.05, 4.69) is 37.6 Å². The summed E-state index contributed by atoms with van der Waals surface area (Å²) in [4.78, 5) is 21.2. The fraction of sp³-hybridized carbons (Fsp3) is 0.486. The summed E-state index contributed by atoms with van der Waals surface area (Å²) < 4.78 is 38.4. The van der Waals surface area contributed by atoms with Crippen LogP contribution in [0.1, 0.15) is 50.5 Å². The number of aromatic hydroxyl groups is 1. The van der Waals surface area contributed by atoms with E-state index < -0.39 is 11.6 Å². The van der Waals surface area contributed by atoms with Crippen LogP contribution in [0, 0.1) is 29.4 Å². The number of halogens is 2. The first-order valence-corrected chi connectivity index (χ1v) is 17.0. The van der Waals surface area contributed by atoms with Gasteiger partial charge in [-0.05, 0) is 75.7 Å². The summed E-state index contributed by atoms with van der Waals surface area (Å²) in [6.45, 7) is 3.59. The van der Waals surface area contributed by atoms with Crippen molar-refractivity contribution in [2.75, 3.05) is 51.3 Å². The molecule has 0 amide bonds. The topological polar surface area (TPSA) is 98.1 Å². The Morgan fingerprint density at radius 3 is 2.65 bits per heavy atom. The molecule has 4 aromatic rings. The van der Waals surface area contributed by atoms with Crippen LogP contribution in [0.4, 0.5) is 14.6 Å². The third-order valence-electron chi connectivity index (χ3n) is 11.5. The van der Waals surface area contributed by atoms with Crippen LogP contribution in [-0.4, -0.2) is 99.5 Å². The molecule has 5 heterocycles. The average molecular weight is 655 g/mol. The largest absolute Gasteiger partial charge is 0.508 e. The summed E-state index contributed by atoms with van der Waals surface area (Å²) in [5, 5.41) is 21.5. The summed E-state index contributed by atoms with van der Waals surface area (Å²) in [6.07, 6.45) is 14.8. The maximum Gasteiger partial charge on any atom is 0.319 e. The molecule has 1 aliphatic carbocycles. The normalized spacial score (nSPS) is 25.9. The van der Waals surface area contributed by atoms with Crippen molar-refractivity contribution in [1.82, 2.24) is 24.8 Å². The first kappa shape index (κ1) is 31.2. The fourth-order valence-corrected chi connectivity index (χ4v) is 9.30. The first-order chi connectivity index (χ1) is 23.3. The van der Waals surface area contributed by atoms with E-state index in [4.69, 9.17) is 16.1 Å². The van der Waals surface area contributed by atoms with E-state index in [1.54, 1.807) is 6.20 Å². The number of ether oxygens (including phenoxy) is 1. The van der Waals surface area contributed by atoms with Gasteiger partial charge in [-0.1, -0.05) is 18.4 Å². The number of phenolic OH excluding ortho intramolecular Hbond substituents is 1. The number of anilines is 1. The van der Waals surface area contributed by atoms with Gasteiger partial charge >= 0.3 is 6.01 Å². The number of aliphatic hydroxyl groups is 1. The molecule has 9 nitrogen and oxygen atoms in total. The highest BCUT2D eigenvalue weighted by Crippen LogP contribution is 2.48. The number of benzene rings is 2. The third-order valence-corrected chi connectivity index (χ3v) is 11.5. The maximum absolute atomic E-state index is 17.0. The number of terminal acetylenes is 1. The zero-order chi connectivity index (χ0) is 33.2. The lowest BCUT2D eigenvalue weighted by atomic mass is 9.76. The van der Waals surface area contributed by atoms with Gasteiger partial charge in [-0.2, -0.15) is 9.97 Å². The van der Waals surface area contributed by atoms with Gasteiger partial charge in [0.15, 0.2) is 5.82 Å². The summed E-state index contributed by atoms with van der Waals surface area (Å²) in [5.41, 5.74) is 0.0840. The van der Waals surface area contributed by atoms with E-state index in [0.29, 0.717) is 48.9 Å². The summed E-state index contributed by atoms with van der Waals surface area (Å²) in [5.74, 6) is 1.49. The average Bonchev–Trinajstić information content (AvgIpc) is 3.61. The second-order valence-corrected chi connectivity index (χ2v) is 14.1. The molecule has 11 heteroatoms. The molecule has 3 saturated heterocycles. The number of aromatic nitrogens is 3. The molecule has 0 radical (unpaired) electrons. The molecule has 4 fully saturated rings. The van der Waals surface area contributed by atoms with Crippen molar-refractivity contribution in [1.29, 1.82) is 0 Å². The van der Waals surface area contributed by atoms with Gasteiger partial charge in [0.2, 0.25) is 0 Å². The third kappa shape index (κ3) is 5.04. The van der Waals surface area contributed by atoms with E-state index in [0.717, 1.165) is 51.5 Å². The molecule has 48 heavy (non-hydrogen) atoms. The molecule has 3 aliphatic heterocycles. The van der Waals surface area contributed by atoms with Gasteiger partial charge in [-0.25, -0.2) is 8.78 Å². The lowest BCUT2D eigenvalue weighted by molar-refractivity contribution is 0.0133. The van der Waals surface area contributed by atoms with Crippen molar-refractivity contribution in [3.05, 3.63) is 47.7 Å². The Kier molecular flexibility index (Phi) is 7.85. The molecule has 2 unspecified atom stereocenters. The molecule has 2 bridgehead atoms. The first-order valence-electron chi connectivity index (χ1n) is 17.0. The highest BCUT2D eigenvalue weighted by molar-refractivity contribution is 6.03. The van der Waals surface area contributed by atoms with E-state index >= 15 is 4.39 Å². The van der Waals surface area contributed by atoms with Crippen LogP contribution in [0.2, 0.25) is 0 Å². The van der Waals surface area contributed by atoms with E-state index in [1.807, 2.05) is 0 Å². The Morgan fingerprint density at radius 2 is 1.88 bits per heavy atom. The molecule has 4 atom stereocenters. The minimum absolute atomic E-state index is 0.00135. The maximum atomic E-state index is 17.0. The minimum atomic E-state index is -0.726. The van der Waals surface area contributed by atoms with Crippen LogP contribution < -0.4 is 9.64 Å². The number of phenols is 1. The molecule has 2 N–H and O–H groups in total. The Hall–Kier alpha value is -4.11. The Balaban J connectivity index is 1.26. The number of rotatable bonds is 7. The van der Waals surface area contributed by atoms with Gasteiger partial charge in [0.1, 0.15) is 28.6 Å². The van der Waals surface area contributed by atoms with Crippen LogP contribution >= 0.6 is 0 Å². The summed E-state index contributed by atoms with van der Waals surface area (Å²) >= 11 is 0. The van der Waals surface area contributed by atoms with Gasteiger partial charge in [0, 0.05) is 60.3 Å². The Bertz CT molecular complexity index is 1940. The molecule has 250 valence electrons. The SMILES string of the molecule is C#Cc1c(F)ccc2cc(O)cc(-c3ncc4c(N5CC6CCC(C5)N6CCO)nc(OC[C@]56CCC[C@H]5N(C)CCC6)nc4c3F)c12. The van der Waals surface area contributed by atoms with E-state index in [9.17, 15) is 14.6 Å². The number of piperidine rings is 1. The van der Waals surface area contributed by atoms with Gasteiger partial charge < -0.3 is 24.7 Å². The number of pyridine rings is 1. The second-order valence-electron chi connectivity index (χ2n) is 14.1. The molecule has 8 rings (SSSR count). The Labute approximate surface area is 278 Å². The molecule has 2 aromatic carbocycles. The van der Waals surface area contributed by atoms with E-state index in [-0.39, 0.29) is 63.6 Å². The quantitative estimate of drug-likeness (QED) is 0.264. The predicted octanol–water partition coefficient (Wildman–Crippen LogP) is 5.10. The number of aliphatic hydroxyl groups excluding tert-OH is 1. The number of piperazine rings is 1. The van der Waals surface area contributed by atoms with Crippen LogP contribution in [0.3, 0.4) is 0 Å². The second kappa shape index (κ2) is 12.1. The zero-order valence-electron chi connectivity index (χ0n) is 27.1. The number of hydrogen-bond donors (Lipinski definition) is 2. The van der Waals surface area contributed by atoms with Gasteiger partial charge in [0.25, 0.3) is 0 Å². The number of fused-ring (bicyclic) bond motifs is 5. The van der Waals surface area contributed by atoms with Gasteiger partial charge in [-0.3, -0.25) is 9.88 Å². The highest BCUT2D eigenvalue weighted by atomic mass is 19.1. The summed E-state index contributed by atoms with van der Waals surface area (Å²) in [7, 11) is 2.19. The predicted molar refractivity (Wildman–Crippen MR) is 180 cm³/mol. The molecule has 0 spiro atoms. The number of hydrogen-bond acceptors (Lipinski definition) is 9. The summed E-state index contributed by atoms with van der Waals surface area (Å²) in [6, 6.07) is 6.59. The van der Waals surface area contributed by atoms with Gasteiger partial charge in [-0.15, -0.1) is 6.42 Å². The highest BCUT2D eigenvalue weighted by Gasteiger charge is 2.47. The van der Waals surface area contributed by atoms with Gasteiger partial charge in [0.05, 0.1) is 24.2 Å². The van der Waals surface area contributed by atoms with Crippen molar-refractivity contribution in [2.24, 2.45) is 5.41 Å². The van der Waals surface area contributed by atoms with Crippen molar-refractivity contribution in [3.63, 3.8) is 0 Å². The molecule has 4 aliphatic rings. The van der Waals surface area contributed by atoms with Crippen molar-refractivity contribution >= 4 is 27.5 Å². The molecular weight excluding hydrogens is 614 g/mol. The van der Waals surface area contributed by atoms with Crippen molar-refractivity contribution < 1.29 is 23.7 Å². The minimum Gasteiger partial charge on any atom is -0.508 e. The van der Waals surface area contributed by atoms with Crippen molar-refractivity contribution in [3.8, 4) is 35.4 Å². The lowest BCUT2D eigenvalue weighted by Gasteiger charge is -2.44. The number of likely N-dealkylation sites (tertiary alicyclic amines) is 1. The van der Waals surface area contributed by atoms with Crippen LogP contribution in [-0.2, 0) is 0 Å². The smallest absolute Gasteiger partial charge is 0.319 e.